The summed E-state index contributed by atoms with van der Waals surface area (Å²) in [6, 6.07) is 17.4. The van der Waals surface area contributed by atoms with Gasteiger partial charge in [-0.3, -0.25) is 4.79 Å². The summed E-state index contributed by atoms with van der Waals surface area (Å²) in [6.45, 7) is 2.29. The maximum Gasteiger partial charge on any atom is 0.268 e. The second-order valence-corrected chi connectivity index (χ2v) is 5.68. The third-order valence-corrected chi connectivity index (χ3v) is 3.86. The quantitative estimate of drug-likeness (QED) is 0.735. The van der Waals surface area contributed by atoms with Crippen molar-refractivity contribution in [3.63, 3.8) is 0 Å². The average molecular weight is 318 g/mol. The van der Waals surface area contributed by atoms with Gasteiger partial charge in [-0.2, -0.15) is 5.26 Å². The molecular weight excluding hydrogens is 303 g/mol. The van der Waals surface area contributed by atoms with E-state index in [4.69, 9.17) is 0 Å². The fourth-order valence-corrected chi connectivity index (χ4v) is 2.52. The molecule has 0 aliphatic heterocycles. The first-order chi connectivity index (χ1) is 11.6. The number of halogens is 1. The van der Waals surface area contributed by atoms with Crippen LogP contribution in [0, 0.1) is 24.1 Å². The van der Waals surface area contributed by atoms with Crippen LogP contribution in [0.1, 0.15) is 16.7 Å². The van der Waals surface area contributed by atoms with E-state index in [0.717, 1.165) is 22.3 Å². The number of aromatic nitrogens is 1. The summed E-state index contributed by atoms with van der Waals surface area (Å²) < 4.78 is 14.5. The lowest BCUT2D eigenvalue weighted by atomic mass is 10.0. The fourth-order valence-electron chi connectivity index (χ4n) is 2.52. The van der Waals surface area contributed by atoms with Crippen LogP contribution < -0.4 is 5.56 Å². The van der Waals surface area contributed by atoms with Gasteiger partial charge in [-0.15, -0.1) is 0 Å². The molecule has 0 radical (unpaired) electrons. The van der Waals surface area contributed by atoms with Crippen molar-refractivity contribution >= 4 is 0 Å². The van der Waals surface area contributed by atoms with Crippen LogP contribution in [0.4, 0.5) is 4.39 Å². The molecule has 24 heavy (non-hydrogen) atoms. The van der Waals surface area contributed by atoms with Crippen molar-refractivity contribution < 1.29 is 4.39 Å². The second kappa shape index (κ2) is 6.51. The van der Waals surface area contributed by atoms with Crippen LogP contribution in [-0.4, -0.2) is 4.57 Å². The Labute approximate surface area is 139 Å². The van der Waals surface area contributed by atoms with Gasteiger partial charge in [0.05, 0.1) is 6.54 Å². The summed E-state index contributed by atoms with van der Waals surface area (Å²) in [4.78, 5) is 12.4. The molecule has 3 aromatic rings. The molecule has 1 aromatic heterocycles. The molecule has 0 atom stereocenters. The minimum Gasteiger partial charge on any atom is -0.309 e. The maximum atomic E-state index is 13.0. The van der Waals surface area contributed by atoms with Gasteiger partial charge in [-0.1, -0.05) is 42.0 Å². The molecule has 118 valence electrons. The Morgan fingerprint density at radius 2 is 1.71 bits per heavy atom. The Morgan fingerprint density at radius 1 is 1.04 bits per heavy atom. The SMILES string of the molecule is Cc1ccc(-c2cc(C#N)c(=O)n(Cc3ccc(F)cc3)c2)cc1. The van der Waals surface area contributed by atoms with E-state index in [2.05, 4.69) is 0 Å². The maximum absolute atomic E-state index is 13.0. The number of hydrogen-bond acceptors (Lipinski definition) is 2. The van der Waals surface area contributed by atoms with E-state index in [0.29, 0.717) is 0 Å². The Bertz CT molecular complexity index is 965. The van der Waals surface area contributed by atoms with Crippen LogP contribution in [0.3, 0.4) is 0 Å². The number of benzene rings is 2. The Balaban J connectivity index is 2.06. The van der Waals surface area contributed by atoms with Gasteiger partial charge in [-0.25, -0.2) is 4.39 Å². The summed E-state index contributed by atoms with van der Waals surface area (Å²) in [6.07, 6.45) is 1.73. The molecule has 0 saturated carbocycles. The number of nitrogens with zero attached hydrogens (tertiary/aromatic N) is 2. The molecule has 0 spiro atoms. The van der Waals surface area contributed by atoms with Crippen molar-refractivity contribution in [1.29, 1.82) is 5.26 Å². The van der Waals surface area contributed by atoms with Crippen LogP contribution in [0.15, 0.2) is 65.6 Å². The largest absolute Gasteiger partial charge is 0.309 e. The van der Waals surface area contributed by atoms with Crippen LogP contribution in [-0.2, 0) is 6.54 Å². The molecule has 0 amide bonds. The topological polar surface area (TPSA) is 45.8 Å². The molecular formula is C20H15FN2O. The molecule has 0 aliphatic carbocycles. The number of hydrogen-bond donors (Lipinski definition) is 0. The molecule has 2 aromatic carbocycles. The highest BCUT2D eigenvalue weighted by Crippen LogP contribution is 2.20. The van der Waals surface area contributed by atoms with E-state index in [-0.39, 0.29) is 23.5 Å². The van der Waals surface area contributed by atoms with Crippen molar-refractivity contribution in [3.8, 4) is 17.2 Å². The summed E-state index contributed by atoms with van der Waals surface area (Å²) in [7, 11) is 0. The predicted molar refractivity (Wildman–Crippen MR) is 91.1 cm³/mol. The number of nitriles is 1. The highest BCUT2D eigenvalue weighted by molar-refractivity contribution is 5.64. The number of pyridine rings is 1. The predicted octanol–water partition coefficient (Wildman–Crippen LogP) is 3.88. The smallest absolute Gasteiger partial charge is 0.268 e. The van der Waals surface area contributed by atoms with Gasteiger partial charge in [0, 0.05) is 6.20 Å². The molecule has 0 aliphatic rings. The molecule has 3 rings (SSSR count). The van der Waals surface area contributed by atoms with Crippen LogP contribution in [0.2, 0.25) is 0 Å². The van der Waals surface area contributed by atoms with Gasteiger partial charge in [0.2, 0.25) is 0 Å². The van der Waals surface area contributed by atoms with Crippen molar-refractivity contribution in [2.45, 2.75) is 13.5 Å². The molecule has 4 heteroatoms. The fraction of sp³-hybridized carbons (Fsp3) is 0.100. The Kier molecular flexibility index (Phi) is 4.26. The van der Waals surface area contributed by atoms with E-state index in [1.165, 1.54) is 16.7 Å². The minimum atomic E-state index is -0.349. The van der Waals surface area contributed by atoms with Crippen LogP contribution >= 0.6 is 0 Å². The lowest BCUT2D eigenvalue weighted by molar-refractivity contribution is 0.626. The van der Waals surface area contributed by atoms with Crippen molar-refractivity contribution in [2.24, 2.45) is 0 Å². The zero-order chi connectivity index (χ0) is 17.1. The van der Waals surface area contributed by atoms with E-state index in [9.17, 15) is 14.4 Å². The standard InChI is InChI=1S/C20H15FN2O/c1-14-2-6-16(7-3-14)18-10-17(11-22)20(24)23(13-18)12-15-4-8-19(21)9-5-15/h2-10,13H,12H2,1H3. The second-order valence-electron chi connectivity index (χ2n) is 5.68. The van der Waals surface area contributed by atoms with Gasteiger partial charge < -0.3 is 4.57 Å². The Hall–Kier alpha value is -3.19. The highest BCUT2D eigenvalue weighted by Gasteiger charge is 2.09. The molecule has 0 N–H and O–H groups in total. The van der Waals surface area contributed by atoms with Gasteiger partial charge in [-0.05, 0) is 41.8 Å². The summed E-state index contributed by atoms with van der Waals surface area (Å²) in [5.41, 5.74) is 3.41. The number of rotatable bonds is 3. The first-order valence-electron chi connectivity index (χ1n) is 7.53. The summed E-state index contributed by atoms with van der Waals surface area (Å²) in [5, 5.41) is 9.25. The van der Waals surface area contributed by atoms with E-state index < -0.39 is 0 Å². The lowest BCUT2D eigenvalue weighted by Crippen LogP contribution is -2.22. The number of aryl methyl sites for hydroxylation is 1. The third-order valence-electron chi connectivity index (χ3n) is 3.86. The molecule has 0 bridgehead atoms. The van der Waals surface area contributed by atoms with Gasteiger partial charge in [0.25, 0.3) is 5.56 Å². The molecule has 0 unspecified atom stereocenters. The molecule has 0 saturated heterocycles. The zero-order valence-corrected chi connectivity index (χ0v) is 13.2. The first kappa shape index (κ1) is 15.7. The summed E-state index contributed by atoms with van der Waals surface area (Å²) in [5.74, 6) is -0.322. The minimum absolute atomic E-state index is 0.0928. The van der Waals surface area contributed by atoms with Gasteiger partial charge in [0.1, 0.15) is 17.4 Å². The third kappa shape index (κ3) is 3.26. The van der Waals surface area contributed by atoms with E-state index in [1.807, 2.05) is 37.3 Å². The monoisotopic (exact) mass is 318 g/mol. The zero-order valence-electron chi connectivity index (χ0n) is 13.2. The highest BCUT2D eigenvalue weighted by atomic mass is 19.1. The normalized spacial score (nSPS) is 10.4. The van der Waals surface area contributed by atoms with Gasteiger partial charge in [0.15, 0.2) is 0 Å². The van der Waals surface area contributed by atoms with Crippen molar-refractivity contribution in [2.75, 3.05) is 0 Å². The van der Waals surface area contributed by atoms with Crippen molar-refractivity contribution in [1.82, 2.24) is 4.57 Å². The molecule has 1 heterocycles. The molecule has 0 fully saturated rings. The van der Waals surface area contributed by atoms with E-state index in [1.54, 1.807) is 24.4 Å². The van der Waals surface area contributed by atoms with Gasteiger partial charge >= 0.3 is 0 Å². The Morgan fingerprint density at radius 3 is 2.33 bits per heavy atom. The average Bonchev–Trinajstić information content (AvgIpc) is 2.59. The van der Waals surface area contributed by atoms with E-state index >= 15 is 0 Å². The lowest BCUT2D eigenvalue weighted by Gasteiger charge is -2.10. The molecule has 3 nitrogen and oxygen atoms in total. The van der Waals surface area contributed by atoms with Crippen LogP contribution in [0.5, 0.6) is 0 Å². The van der Waals surface area contributed by atoms with Crippen LogP contribution in [0.25, 0.3) is 11.1 Å². The van der Waals surface area contributed by atoms with Crippen molar-refractivity contribution in [3.05, 3.63) is 93.7 Å². The summed E-state index contributed by atoms with van der Waals surface area (Å²) >= 11 is 0. The first-order valence-corrected chi connectivity index (χ1v) is 7.53.